The topological polar surface area (TPSA) is 59.4 Å². The summed E-state index contributed by atoms with van der Waals surface area (Å²) >= 11 is 0. The Kier molecular flexibility index (Phi) is 4.25. The summed E-state index contributed by atoms with van der Waals surface area (Å²) in [5.74, 6) is 1.43. The number of hydrazone groups is 1. The van der Waals surface area contributed by atoms with Crippen molar-refractivity contribution in [1.29, 1.82) is 0 Å². The Hall–Kier alpha value is -2.95. The van der Waals surface area contributed by atoms with Gasteiger partial charge in [0.25, 0.3) is 0 Å². The van der Waals surface area contributed by atoms with Crippen LogP contribution in [-0.2, 0) is 0 Å². The molecular formula is C17H16N4O. The van der Waals surface area contributed by atoms with Crippen LogP contribution in [0, 0.1) is 0 Å². The highest BCUT2D eigenvalue weighted by molar-refractivity contribution is 5.91. The number of nitrogens with one attached hydrogen (secondary N) is 1. The summed E-state index contributed by atoms with van der Waals surface area (Å²) in [4.78, 5) is 0. The van der Waals surface area contributed by atoms with Crippen LogP contribution >= 0.6 is 0 Å². The molecule has 0 unspecified atom stereocenters. The molecule has 0 atom stereocenters. The lowest BCUT2D eigenvalue weighted by Gasteiger charge is -2.06. The lowest BCUT2D eigenvalue weighted by atomic mass is 10.2. The van der Waals surface area contributed by atoms with Crippen LogP contribution in [0.2, 0.25) is 0 Å². The molecule has 0 saturated carbocycles. The first kappa shape index (κ1) is 14.0. The molecule has 1 N–H and O–H groups in total. The van der Waals surface area contributed by atoms with Crippen LogP contribution in [0.25, 0.3) is 10.8 Å². The Balaban J connectivity index is 1.82. The van der Waals surface area contributed by atoms with E-state index in [0.29, 0.717) is 12.4 Å². The Morgan fingerprint density at radius 2 is 1.95 bits per heavy atom. The summed E-state index contributed by atoms with van der Waals surface area (Å²) in [5, 5.41) is 14.3. The average Bonchev–Trinajstić information content (AvgIpc) is 2.57. The van der Waals surface area contributed by atoms with E-state index in [-0.39, 0.29) is 0 Å². The van der Waals surface area contributed by atoms with E-state index >= 15 is 0 Å². The zero-order valence-corrected chi connectivity index (χ0v) is 12.2. The molecule has 0 aliphatic rings. The maximum atomic E-state index is 5.56. The number of para-hydroxylation sites is 1. The van der Waals surface area contributed by atoms with E-state index < -0.39 is 0 Å². The number of aromatic nitrogens is 2. The van der Waals surface area contributed by atoms with E-state index in [4.69, 9.17) is 4.74 Å². The zero-order valence-electron chi connectivity index (χ0n) is 12.2. The highest BCUT2D eigenvalue weighted by Gasteiger charge is 2.02. The molecule has 2 aromatic carbocycles. The van der Waals surface area contributed by atoms with Crippen molar-refractivity contribution in [1.82, 2.24) is 10.2 Å². The number of rotatable bonds is 5. The molecule has 3 aromatic rings. The van der Waals surface area contributed by atoms with Crippen molar-refractivity contribution in [2.45, 2.75) is 6.92 Å². The fourth-order valence-corrected chi connectivity index (χ4v) is 2.15. The molecule has 0 fully saturated rings. The van der Waals surface area contributed by atoms with Gasteiger partial charge in [0.1, 0.15) is 5.75 Å². The summed E-state index contributed by atoms with van der Waals surface area (Å²) < 4.78 is 5.56. The molecule has 5 nitrogen and oxygen atoms in total. The van der Waals surface area contributed by atoms with Crippen LogP contribution in [0.3, 0.4) is 0 Å². The number of hydrogen-bond acceptors (Lipinski definition) is 5. The van der Waals surface area contributed by atoms with Gasteiger partial charge in [-0.1, -0.05) is 36.4 Å². The van der Waals surface area contributed by atoms with Crippen molar-refractivity contribution in [3.63, 3.8) is 0 Å². The van der Waals surface area contributed by atoms with Crippen LogP contribution in [0.5, 0.6) is 5.75 Å². The molecule has 0 spiro atoms. The summed E-state index contributed by atoms with van der Waals surface area (Å²) in [6, 6.07) is 15.7. The van der Waals surface area contributed by atoms with Crippen LogP contribution in [0.4, 0.5) is 5.82 Å². The molecule has 110 valence electrons. The molecule has 0 saturated heterocycles. The number of anilines is 1. The third-order valence-corrected chi connectivity index (χ3v) is 3.16. The summed E-state index contributed by atoms with van der Waals surface area (Å²) in [6.45, 7) is 2.57. The fourth-order valence-electron chi connectivity index (χ4n) is 2.15. The van der Waals surface area contributed by atoms with Gasteiger partial charge in [-0.2, -0.15) is 10.2 Å². The molecule has 0 bridgehead atoms. The Labute approximate surface area is 128 Å². The lowest BCUT2D eigenvalue weighted by Crippen LogP contribution is -1.99. The van der Waals surface area contributed by atoms with E-state index in [0.717, 1.165) is 22.1 Å². The summed E-state index contributed by atoms with van der Waals surface area (Å²) in [6.07, 6.45) is 3.45. The van der Waals surface area contributed by atoms with Gasteiger partial charge in [-0.3, -0.25) is 5.43 Å². The second-order valence-electron chi connectivity index (χ2n) is 4.62. The van der Waals surface area contributed by atoms with Crippen molar-refractivity contribution in [2.75, 3.05) is 12.0 Å². The normalized spacial score (nSPS) is 11.0. The highest BCUT2D eigenvalue weighted by Crippen LogP contribution is 2.19. The number of nitrogens with zero attached hydrogens (tertiary/aromatic N) is 3. The van der Waals surface area contributed by atoms with Crippen LogP contribution < -0.4 is 10.2 Å². The minimum Gasteiger partial charge on any atom is -0.493 e. The van der Waals surface area contributed by atoms with Gasteiger partial charge < -0.3 is 4.74 Å². The van der Waals surface area contributed by atoms with Gasteiger partial charge >= 0.3 is 0 Å². The third-order valence-electron chi connectivity index (χ3n) is 3.16. The maximum absolute atomic E-state index is 5.56. The summed E-state index contributed by atoms with van der Waals surface area (Å²) in [7, 11) is 0. The van der Waals surface area contributed by atoms with Crippen LogP contribution in [0.15, 0.2) is 59.8 Å². The van der Waals surface area contributed by atoms with Crippen molar-refractivity contribution in [3.8, 4) is 5.75 Å². The molecule has 22 heavy (non-hydrogen) atoms. The zero-order chi connectivity index (χ0) is 15.2. The van der Waals surface area contributed by atoms with Crippen LogP contribution in [-0.4, -0.2) is 23.0 Å². The molecular weight excluding hydrogens is 276 g/mol. The SMILES string of the molecule is CCOc1ccccc1C=NNc1nncc2ccccc12. The number of ether oxygens (including phenoxy) is 1. The van der Waals surface area contributed by atoms with Crippen molar-refractivity contribution >= 4 is 22.8 Å². The van der Waals surface area contributed by atoms with Gasteiger partial charge in [0.05, 0.1) is 19.0 Å². The molecule has 0 radical (unpaired) electrons. The molecule has 5 heteroatoms. The standard InChI is InChI=1S/C17H16N4O/c1-2-22-16-10-6-4-8-14(16)12-19-21-17-15-9-5-3-7-13(15)11-18-20-17/h3-12H,2H2,1H3,(H,20,21). The largest absolute Gasteiger partial charge is 0.493 e. The number of hydrogen-bond donors (Lipinski definition) is 1. The first-order chi connectivity index (χ1) is 10.9. The van der Waals surface area contributed by atoms with Gasteiger partial charge in [0, 0.05) is 16.3 Å². The predicted octanol–water partition coefficient (Wildman–Crippen LogP) is 3.47. The van der Waals surface area contributed by atoms with Gasteiger partial charge in [-0.15, -0.1) is 5.10 Å². The summed E-state index contributed by atoms with van der Waals surface area (Å²) in [5.41, 5.74) is 3.85. The van der Waals surface area contributed by atoms with Gasteiger partial charge in [0.15, 0.2) is 5.82 Å². The Bertz CT molecular complexity index is 796. The molecule has 0 aliphatic heterocycles. The van der Waals surface area contributed by atoms with Crippen molar-refractivity contribution in [2.24, 2.45) is 5.10 Å². The molecule has 3 rings (SSSR count). The van der Waals surface area contributed by atoms with E-state index in [1.54, 1.807) is 12.4 Å². The Morgan fingerprint density at radius 1 is 1.14 bits per heavy atom. The van der Waals surface area contributed by atoms with Crippen LogP contribution in [0.1, 0.15) is 12.5 Å². The fraction of sp³-hybridized carbons (Fsp3) is 0.118. The Morgan fingerprint density at radius 3 is 2.86 bits per heavy atom. The number of benzene rings is 2. The van der Waals surface area contributed by atoms with E-state index in [1.165, 1.54) is 0 Å². The van der Waals surface area contributed by atoms with Gasteiger partial charge in [-0.25, -0.2) is 0 Å². The second kappa shape index (κ2) is 6.67. The smallest absolute Gasteiger partial charge is 0.176 e. The molecule has 0 aliphatic carbocycles. The van der Waals surface area contributed by atoms with Gasteiger partial charge in [-0.05, 0) is 19.1 Å². The molecule has 0 amide bonds. The van der Waals surface area contributed by atoms with E-state index in [9.17, 15) is 0 Å². The third kappa shape index (κ3) is 3.03. The lowest BCUT2D eigenvalue weighted by molar-refractivity contribution is 0.340. The highest BCUT2D eigenvalue weighted by atomic mass is 16.5. The predicted molar refractivity (Wildman–Crippen MR) is 88.4 cm³/mol. The minimum absolute atomic E-state index is 0.618. The maximum Gasteiger partial charge on any atom is 0.176 e. The van der Waals surface area contributed by atoms with E-state index in [2.05, 4.69) is 20.7 Å². The number of fused-ring (bicyclic) bond motifs is 1. The quantitative estimate of drug-likeness (QED) is 0.578. The van der Waals surface area contributed by atoms with Gasteiger partial charge in [0.2, 0.25) is 0 Å². The van der Waals surface area contributed by atoms with Crippen molar-refractivity contribution in [3.05, 3.63) is 60.3 Å². The molecule has 1 aromatic heterocycles. The van der Waals surface area contributed by atoms with Crippen molar-refractivity contribution < 1.29 is 4.74 Å². The first-order valence-corrected chi connectivity index (χ1v) is 7.10. The minimum atomic E-state index is 0.618. The monoisotopic (exact) mass is 292 g/mol. The molecule has 1 heterocycles. The van der Waals surface area contributed by atoms with E-state index in [1.807, 2.05) is 55.5 Å². The average molecular weight is 292 g/mol. The first-order valence-electron chi connectivity index (χ1n) is 7.10. The second-order valence-corrected chi connectivity index (χ2v) is 4.62.